The SMILES string of the molecule is O=S(=O)(NC1CCC(Oc2cnccn2)CC1)c1ccc(Cl)s1. The summed E-state index contributed by atoms with van der Waals surface area (Å²) in [4.78, 5) is 8.05. The van der Waals surface area contributed by atoms with Gasteiger partial charge in [-0.3, -0.25) is 4.98 Å². The number of rotatable bonds is 5. The van der Waals surface area contributed by atoms with E-state index in [4.69, 9.17) is 16.3 Å². The average Bonchev–Trinajstić information content (AvgIpc) is 2.98. The van der Waals surface area contributed by atoms with E-state index in [9.17, 15) is 8.42 Å². The lowest BCUT2D eigenvalue weighted by molar-refractivity contribution is 0.138. The van der Waals surface area contributed by atoms with Crippen LogP contribution in [0, 0.1) is 0 Å². The minimum Gasteiger partial charge on any atom is -0.473 e. The number of nitrogens with zero attached hydrogens (tertiary/aromatic N) is 2. The van der Waals surface area contributed by atoms with Crippen molar-refractivity contribution in [3.05, 3.63) is 35.1 Å². The van der Waals surface area contributed by atoms with Crippen LogP contribution < -0.4 is 9.46 Å². The highest BCUT2D eigenvalue weighted by Gasteiger charge is 2.27. The fourth-order valence-electron chi connectivity index (χ4n) is 2.54. The molecule has 1 aliphatic carbocycles. The highest BCUT2D eigenvalue weighted by molar-refractivity contribution is 7.91. The van der Waals surface area contributed by atoms with Gasteiger partial charge in [-0.25, -0.2) is 18.1 Å². The average molecular weight is 374 g/mol. The van der Waals surface area contributed by atoms with Crippen molar-refractivity contribution in [1.82, 2.24) is 14.7 Å². The molecule has 6 nitrogen and oxygen atoms in total. The smallest absolute Gasteiger partial charge is 0.250 e. The molecule has 124 valence electrons. The first-order valence-electron chi connectivity index (χ1n) is 7.23. The first-order chi connectivity index (χ1) is 11.0. The van der Waals surface area contributed by atoms with Crippen LogP contribution in [0.4, 0.5) is 0 Å². The van der Waals surface area contributed by atoms with E-state index in [0.717, 1.165) is 37.0 Å². The van der Waals surface area contributed by atoms with E-state index < -0.39 is 10.0 Å². The zero-order chi connectivity index (χ0) is 16.3. The van der Waals surface area contributed by atoms with Crippen LogP contribution in [0.3, 0.4) is 0 Å². The summed E-state index contributed by atoms with van der Waals surface area (Å²) in [7, 11) is -3.49. The van der Waals surface area contributed by atoms with E-state index in [1.807, 2.05) is 0 Å². The molecule has 0 aliphatic heterocycles. The Labute approximate surface area is 143 Å². The minimum absolute atomic E-state index is 0.0450. The number of ether oxygens (including phenoxy) is 1. The zero-order valence-electron chi connectivity index (χ0n) is 12.2. The predicted octanol–water partition coefficient (Wildman–Crippen LogP) is 2.86. The molecule has 0 spiro atoms. The number of halogens is 1. The second-order valence-corrected chi connectivity index (χ2v) is 8.97. The first kappa shape index (κ1) is 16.6. The normalized spacial score (nSPS) is 22.0. The molecule has 0 radical (unpaired) electrons. The maximum absolute atomic E-state index is 12.3. The number of aromatic nitrogens is 2. The zero-order valence-corrected chi connectivity index (χ0v) is 14.6. The van der Waals surface area contributed by atoms with Gasteiger partial charge < -0.3 is 4.74 Å². The molecule has 2 heterocycles. The van der Waals surface area contributed by atoms with E-state index in [1.54, 1.807) is 24.7 Å². The van der Waals surface area contributed by atoms with E-state index in [1.165, 1.54) is 6.07 Å². The number of hydrogen-bond acceptors (Lipinski definition) is 6. The Morgan fingerprint density at radius 2 is 2.00 bits per heavy atom. The number of hydrogen-bond donors (Lipinski definition) is 1. The number of nitrogens with one attached hydrogen (secondary N) is 1. The molecule has 23 heavy (non-hydrogen) atoms. The van der Waals surface area contributed by atoms with E-state index in [2.05, 4.69) is 14.7 Å². The van der Waals surface area contributed by atoms with Crippen LogP contribution in [0.1, 0.15) is 25.7 Å². The van der Waals surface area contributed by atoms with Crippen molar-refractivity contribution in [2.75, 3.05) is 0 Å². The molecule has 9 heteroatoms. The van der Waals surface area contributed by atoms with Gasteiger partial charge in [-0.15, -0.1) is 11.3 Å². The summed E-state index contributed by atoms with van der Waals surface area (Å²) in [5.41, 5.74) is 0. The van der Waals surface area contributed by atoms with Crippen molar-refractivity contribution in [2.45, 2.75) is 42.0 Å². The fraction of sp³-hybridized carbons (Fsp3) is 0.429. The summed E-state index contributed by atoms with van der Waals surface area (Å²) in [5, 5.41) is 0. The summed E-state index contributed by atoms with van der Waals surface area (Å²) in [6.07, 6.45) is 7.80. The van der Waals surface area contributed by atoms with E-state index in [-0.39, 0.29) is 16.4 Å². The van der Waals surface area contributed by atoms with Gasteiger partial charge in [0.2, 0.25) is 15.9 Å². The van der Waals surface area contributed by atoms with Gasteiger partial charge in [0.1, 0.15) is 10.3 Å². The second kappa shape index (κ2) is 7.12. The van der Waals surface area contributed by atoms with Crippen molar-refractivity contribution in [3.8, 4) is 5.88 Å². The molecular weight excluding hydrogens is 358 g/mol. The molecule has 3 rings (SSSR count). The summed E-state index contributed by atoms with van der Waals surface area (Å²) in [6, 6.07) is 3.03. The Morgan fingerprint density at radius 3 is 2.61 bits per heavy atom. The highest BCUT2D eigenvalue weighted by atomic mass is 35.5. The molecule has 0 aromatic carbocycles. The summed E-state index contributed by atoms with van der Waals surface area (Å²) in [6.45, 7) is 0. The fourth-order valence-corrected chi connectivity index (χ4v) is 5.34. The van der Waals surface area contributed by atoms with Gasteiger partial charge in [0.15, 0.2) is 0 Å². The lowest BCUT2D eigenvalue weighted by Crippen LogP contribution is -2.39. The summed E-state index contributed by atoms with van der Waals surface area (Å²) < 4.78 is 33.8. The van der Waals surface area contributed by atoms with Crippen molar-refractivity contribution >= 4 is 33.0 Å². The van der Waals surface area contributed by atoms with Gasteiger partial charge in [-0.1, -0.05) is 11.6 Å². The molecule has 0 amide bonds. The lowest BCUT2D eigenvalue weighted by atomic mass is 9.94. The lowest BCUT2D eigenvalue weighted by Gasteiger charge is -2.28. The molecule has 0 bridgehead atoms. The Balaban J connectivity index is 1.53. The van der Waals surface area contributed by atoms with Gasteiger partial charge in [0.25, 0.3) is 0 Å². The molecule has 1 fully saturated rings. The topological polar surface area (TPSA) is 81.2 Å². The molecule has 0 atom stereocenters. The maximum Gasteiger partial charge on any atom is 0.250 e. The molecule has 2 aromatic heterocycles. The quantitative estimate of drug-likeness (QED) is 0.871. The van der Waals surface area contributed by atoms with Crippen LogP contribution in [0.2, 0.25) is 4.34 Å². The van der Waals surface area contributed by atoms with Crippen LogP contribution >= 0.6 is 22.9 Å². The molecule has 1 N–H and O–H groups in total. The van der Waals surface area contributed by atoms with Gasteiger partial charge in [-0.05, 0) is 37.8 Å². The monoisotopic (exact) mass is 373 g/mol. The molecule has 1 aliphatic rings. The van der Waals surface area contributed by atoms with Crippen LogP contribution in [0.25, 0.3) is 0 Å². The van der Waals surface area contributed by atoms with E-state index >= 15 is 0 Å². The van der Waals surface area contributed by atoms with Gasteiger partial charge >= 0.3 is 0 Å². The van der Waals surface area contributed by atoms with Crippen molar-refractivity contribution in [2.24, 2.45) is 0 Å². The van der Waals surface area contributed by atoms with Crippen LogP contribution in [-0.4, -0.2) is 30.5 Å². The third-order valence-electron chi connectivity index (χ3n) is 3.64. The molecule has 0 unspecified atom stereocenters. The minimum atomic E-state index is -3.49. The van der Waals surface area contributed by atoms with Gasteiger partial charge in [-0.2, -0.15) is 0 Å². The Bertz CT molecular complexity index is 744. The third-order valence-corrected chi connectivity index (χ3v) is 6.88. The van der Waals surface area contributed by atoms with Crippen LogP contribution in [0.15, 0.2) is 34.9 Å². The standard InChI is InChI=1S/C14H16ClN3O3S2/c15-12-5-6-14(22-12)23(19,20)18-10-1-3-11(4-2-10)21-13-9-16-7-8-17-13/h5-11,18H,1-4H2. The van der Waals surface area contributed by atoms with E-state index in [0.29, 0.717) is 10.2 Å². The Morgan fingerprint density at radius 1 is 1.22 bits per heavy atom. The highest BCUT2D eigenvalue weighted by Crippen LogP contribution is 2.28. The van der Waals surface area contributed by atoms with Crippen LogP contribution in [-0.2, 0) is 10.0 Å². The Kier molecular flexibility index (Phi) is 5.15. The molecule has 2 aromatic rings. The first-order valence-corrected chi connectivity index (χ1v) is 9.91. The van der Waals surface area contributed by atoms with Crippen LogP contribution in [0.5, 0.6) is 5.88 Å². The molecule has 0 saturated heterocycles. The van der Waals surface area contributed by atoms with Crippen molar-refractivity contribution in [1.29, 1.82) is 0 Å². The third kappa shape index (κ3) is 4.41. The second-order valence-electron chi connectivity index (χ2n) is 5.31. The molecular formula is C14H16ClN3O3S2. The van der Waals surface area contributed by atoms with Crippen molar-refractivity contribution < 1.29 is 13.2 Å². The van der Waals surface area contributed by atoms with Gasteiger partial charge in [0, 0.05) is 18.4 Å². The number of thiophene rings is 1. The largest absolute Gasteiger partial charge is 0.473 e. The summed E-state index contributed by atoms with van der Waals surface area (Å²) >= 11 is 6.86. The maximum atomic E-state index is 12.3. The molecule has 1 saturated carbocycles. The number of sulfonamides is 1. The Hall–Kier alpha value is -1.22. The predicted molar refractivity (Wildman–Crippen MR) is 88.4 cm³/mol. The summed E-state index contributed by atoms with van der Waals surface area (Å²) in [5.74, 6) is 0.504. The van der Waals surface area contributed by atoms with Gasteiger partial charge in [0.05, 0.1) is 10.5 Å². The van der Waals surface area contributed by atoms with Crippen molar-refractivity contribution in [3.63, 3.8) is 0 Å².